The Morgan fingerprint density at radius 1 is 0.900 bits per heavy atom. The number of likely N-dealkylation sites (tertiary alicyclic amines) is 1. The number of carbonyl (C=O) groups is 3. The van der Waals surface area contributed by atoms with Gasteiger partial charge in [-0.2, -0.15) is 0 Å². The Morgan fingerprint density at radius 3 is 2.27 bits per heavy atom. The number of rotatable bonds is 10. The molecular formula is C32H43N3O4S. The van der Waals surface area contributed by atoms with E-state index in [-0.39, 0.29) is 24.3 Å². The SMILES string of the molecule is CCCCCN1CC=C[C@]23S[C@]4(C)C=CCN(CCC)C(=O)[C@@H]4[C@H]2C(=O)N([C@@H](CO)Cc2ccccc2)C3C1=O. The van der Waals surface area contributed by atoms with Crippen molar-refractivity contribution in [1.82, 2.24) is 14.7 Å². The topological polar surface area (TPSA) is 81.2 Å². The highest BCUT2D eigenvalue weighted by Crippen LogP contribution is 2.65. The number of fused-ring (bicyclic) bond motifs is 2. The maximum atomic E-state index is 14.7. The molecule has 2 fully saturated rings. The lowest BCUT2D eigenvalue weighted by Gasteiger charge is -2.40. The zero-order valence-electron chi connectivity index (χ0n) is 24.0. The van der Waals surface area contributed by atoms with Gasteiger partial charge in [0.2, 0.25) is 17.7 Å². The summed E-state index contributed by atoms with van der Waals surface area (Å²) in [5.41, 5.74) is 0.997. The van der Waals surface area contributed by atoms with Gasteiger partial charge in [0, 0.05) is 30.9 Å². The van der Waals surface area contributed by atoms with E-state index in [1.165, 1.54) is 0 Å². The molecule has 3 amide bonds. The minimum absolute atomic E-state index is 0.00817. The van der Waals surface area contributed by atoms with E-state index in [0.29, 0.717) is 32.6 Å². The number of hydrogen-bond acceptors (Lipinski definition) is 5. The number of amides is 3. The van der Waals surface area contributed by atoms with Crippen molar-refractivity contribution >= 4 is 29.5 Å². The predicted octanol–water partition coefficient (Wildman–Crippen LogP) is 3.67. The summed E-state index contributed by atoms with van der Waals surface area (Å²) in [6.45, 7) is 8.29. The lowest BCUT2D eigenvalue weighted by Crippen LogP contribution is -2.57. The van der Waals surface area contributed by atoms with E-state index < -0.39 is 33.4 Å². The molecule has 1 aromatic carbocycles. The fourth-order valence-electron chi connectivity index (χ4n) is 7.31. The number of benzene rings is 1. The average molecular weight is 566 g/mol. The molecule has 4 heterocycles. The van der Waals surface area contributed by atoms with Gasteiger partial charge in [-0.3, -0.25) is 14.4 Å². The quantitative estimate of drug-likeness (QED) is 0.346. The Bertz CT molecular complexity index is 1170. The van der Waals surface area contributed by atoms with Crippen LogP contribution in [0.15, 0.2) is 54.6 Å². The summed E-state index contributed by atoms with van der Waals surface area (Å²) in [6, 6.07) is 8.46. The van der Waals surface area contributed by atoms with Crippen LogP contribution in [0.3, 0.4) is 0 Å². The zero-order chi connectivity index (χ0) is 28.5. The molecule has 40 heavy (non-hydrogen) atoms. The molecule has 8 heteroatoms. The van der Waals surface area contributed by atoms with Crippen LogP contribution in [0.5, 0.6) is 0 Å². The second-order valence-corrected chi connectivity index (χ2v) is 13.6. The Kier molecular flexibility index (Phi) is 8.48. The van der Waals surface area contributed by atoms with E-state index >= 15 is 0 Å². The molecule has 0 bridgehead atoms. The molecule has 0 radical (unpaired) electrons. The monoisotopic (exact) mass is 565 g/mol. The molecule has 0 aliphatic carbocycles. The van der Waals surface area contributed by atoms with Crippen LogP contribution >= 0.6 is 11.8 Å². The lowest BCUT2D eigenvalue weighted by atomic mass is 9.74. The summed E-state index contributed by atoms with van der Waals surface area (Å²) in [6.07, 6.45) is 12.5. The van der Waals surface area contributed by atoms with E-state index in [2.05, 4.69) is 39.0 Å². The third-order valence-corrected chi connectivity index (χ3v) is 10.9. The summed E-state index contributed by atoms with van der Waals surface area (Å²) in [7, 11) is 0. The van der Waals surface area contributed by atoms with Gasteiger partial charge in [-0.15, -0.1) is 11.8 Å². The molecule has 1 N–H and O–H groups in total. The highest BCUT2D eigenvalue weighted by atomic mass is 32.2. The van der Waals surface area contributed by atoms with Gasteiger partial charge < -0.3 is 19.8 Å². The molecule has 4 aliphatic heterocycles. The van der Waals surface area contributed by atoms with Gasteiger partial charge in [-0.1, -0.05) is 81.3 Å². The summed E-state index contributed by atoms with van der Waals surface area (Å²) >= 11 is 1.61. The molecule has 216 valence electrons. The van der Waals surface area contributed by atoms with Crippen molar-refractivity contribution in [3.05, 3.63) is 60.2 Å². The molecule has 7 nitrogen and oxygen atoms in total. The Labute approximate surface area is 242 Å². The van der Waals surface area contributed by atoms with E-state index in [1.807, 2.05) is 46.2 Å². The Balaban J connectivity index is 1.61. The van der Waals surface area contributed by atoms with Crippen molar-refractivity contribution in [1.29, 1.82) is 0 Å². The van der Waals surface area contributed by atoms with E-state index in [4.69, 9.17) is 0 Å². The van der Waals surface area contributed by atoms with Crippen molar-refractivity contribution in [2.75, 3.05) is 32.8 Å². The molecule has 5 rings (SSSR count). The lowest BCUT2D eigenvalue weighted by molar-refractivity contribution is -0.147. The smallest absolute Gasteiger partial charge is 0.247 e. The number of hydrogen-bond donors (Lipinski definition) is 1. The van der Waals surface area contributed by atoms with Gasteiger partial charge in [0.25, 0.3) is 0 Å². The largest absolute Gasteiger partial charge is 0.394 e. The van der Waals surface area contributed by atoms with Gasteiger partial charge >= 0.3 is 0 Å². The zero-order valence-corrected chi connectivity index (χ0v) is 24.8. The maximum absolute atomic E-state index is 14.7. The molecule has 1 spiro atoms. The predicted molar refractivity (Wildman–Crippen MR) is 159 cm³/mol. The number of nitrogens with zero attached hydrogens (tertiary/aromatic N) is 3. The second-order valence-electron chi connectivity index (χ2n) is 11.8. The standard InChI is InChI=1S/C32H43N3O4S/c1-4-6-10-18-34-20-12-16-32-26(25-28(37)33(17-5-2)19-11-15-31(25,3)40-32)29(38)35(27(32)30(34)39)24(22-36)21-23-13-8-7-9-14-23/h7-9,11-16,24-27,36H,4-6,10,17-22H2,1-3H3/t24-,25+,26+,27?,31-,32+/m1/s1. The average Bonchev–Trinajstić information content (AvgIpc) is 3.23. The number of aliphatic hydroxyl groups excluding tert-OH is 1. The first-order chi connectivity index (χ1) is 19.3. The summed E-state index contributed by atoms with van der Waals surface area (Å²) in [5, 5.41) is 10.7. The first-order valence-electron chi connectivity index (χ1n) is 14.9. The third-order valence-electron chi connectivity index (χ3n) is 9.11. The van der Waals surface area contributed by atoms with E-state index in [0.717, 1.165) is 31.2 Å². The number of carbonyl (C=O) groups excluding carboxylic acids is 3. The van der Waals surface area contributed by atoms with Crippen LogP contribution in [-0.2, 0) is 20.8 Å². The van der Waals surface area contributed by atoms with Gasteiger partial charge in [0.05, 0.1) is 29.2 Å². The molecule has 2 saturated heterocycles. The first kappa shape index (κ1) is 28.9. The van der Waals surface area contributed by atoms with Crippen LogP contribution in [-0.4, -0.2) is 91.9 Å². The first-order valence-corrected chi connectivity index (χ1v) is 15.7. The van der Waals surface area contributed by atoms with Crippen molar-refractivity contribution in [2.24, 2.45) is 11.8 Å². The summed E-state index contributed by atoms with van der Waals surface area (Å²) in [4.78, 5) is 48.8. The van der Waals surface area contributed by atoms with Crippen molar-refractivity contribution in [3.63, 3.8) is 0 Å². The van der Waals surface area contributed by atoms with Crippen LogP contribution in [0.1, 0.15) is 52.0 Å². The summed E-state index contributed by atoms with van der Waals surface area (Å²) < 4.78 is -1.49. The van der Waals surface area contributed by atoms with Crippen LogP contribution in [0.2, 0.25) is 0 Å². The molecule has 1 unspecified atom stereocenters. The van der Waals surface area contributed by atoms with Crippen molar-refractivity contribution in [3.8, 4) is 0 Å². The maximum Gasteiger partial charge on any atom is 0.247 e. The minimum atomic E-state index is -0.883. The number of aliphatic hydroxyl groups is 1. The van der Waals surface area contributed by atoms with Gasteiger partial charge in [0.1, 0.15) is 6.04 Å². The molecular weight excluding hydrogens is 522 g/mol. The Hall–Kier alpha value is -2.58. The van der Waals surface area contributed by atoms with Gasteiger partial charge in [-0.25, -0.2) is 0 Å². The van der Waals surface area contributed by atoms with Crippen LogP contribution < -0.4 is 0 Å². The van der Waals surface area contributed by atoms with Crippen molar-refractivity contribution in [2.45, 2.75) is 74.5 Å². The number of thioether (sulfide) groups is 1. The van der Waals surface area contributed by atoms with Crippen molar-refractivity contribution < 1.29 is 19.5 Å². The highest BCUT2D eigenvalue weighted by Gasteiger charge is 2.74. The van der Waals surface area contributed by atoms with E-state index in [1.54, 1.807) is 16.7 Å². The third kappa shape index (κ3) is 4.81. The fourth-order valence-corrected chi connectivity index (χ4v) is 9.46. The van der Waals surface area contributed by atoms with E-state index in [9.17, 15) is 19.5 Å². The minimum Gasteiger partial charge on any atom is -0.394 e. The molecule has 1 aromatic rings. The van der Waals surface area contributed by atoms with Gasteiger partial charge in [-0.05, 0) is 31.7 Å². The van der Waals surface area contributed by atoms with Gasteiger partial charge in [0.15, 0.2) is 0 Å². The van der Waals surface area contributed by atoms with Crippen LogP contribution in [0.25, 0.3) is 0 Å². The highest BCUT2D eigenvalue weighted by molar-refractivity contribution is 8.02. The second kappa shape index (κ2) is 11.7. The number of unbranched alkanes of at least 4 members (excludes halogenated alkanes) is 2. The fraction of sp³-hybridized carbons (Fsp3) is 0.594. The Morgan fingerprint density at radius 2 is 1.60 bits per heavy atom. The van der Waals surface area contributed by atoms with Crippen LogP contribution in [0, 0.1) is 11.8 Å². The molecule has 0 aromatic heterocycles. The molecule has 4 aliphatic rings. The molecule has 0 saturated carbocycles. The normalized spacial score (nSPS) is 32.1. The summed E-state index contributed by atoms with van der Waals surface area (Å²) in [5.74, 6) is -1.52. The molecule has 6 atom stereocenters. The van der Waals surface area contributed by atoms with Crippen LogP contribution in [0.4, 0.5) is 0 Å².